The molecule has 1 aromatic carbocycles. The molecule has 4 aromatic heterocycles. The van der Waals surface area contributed by atoms with E-state index in [0.717, 1.165) is 10.2 Å². The molecule has 1 N–H and O–H groups in total. The number of anilines is 1. The lowest BCUT2D eigenvalue weighted by molar-refractivity contribution is -0.117. The Bertz CT molecular complexity index is 1540. The Labute approximate surface area is 178 Å². The van der Waals surface area contributed by atoms with Crippen LogP contribution in [0.4, 0.5) is 5.69 Å². The van der Waals surface area contributed by atoms with Gasteiger partial charge in [0, 0.05) is 5.69 Å². The summed E-state index contributed by atoms with van der Waals surface area (Å²) in [5.74, 6) is 0.321. The fourth-order valence-electron chi connectivity index (χ4n) is 3.48. The van der Waals surface area contributed by atoms with Gasteiger partial charge in [0.05, 0.1) is 18.3 Å². The van der Waals surface area contributed by atoms with Crippen LogP contribution in [-0.2, 0) is 17.9 Å². The van der Waals surface area contributed by atoms with Crippen LogP contribution in [0.2, 0.25) is 0 Å². The minimum absolute atomic E-state index is 0.120. The van der Waals surface area contributed by atoms with Gasteiger partial charge in [0.15, 0.2) is 0 Å². The molecular formula is C21H17N5O4S. The number of furan rings is 1. The predicted molar refractivity (Wildman–Crippen MR) is 117 cm³/mol. The molecule has 5 rings (SSSR count). The molecule has 31 heavy (non-hydrogen) atoms. The van der Waals surface area contributed by atoms with E-state index in [4.69, 9.17) is 4.42 Å². The van der Waals surface area contributed by atoms with Crippen LogP contribution in [0.3, 0.4) is 0 Å². The number of nitrogens with one attached hydrogen (secondary N) is 1. The van der Waals surface area contributed by atoms with E-state index in [-0.39, 0.29) is 30.3 Å². The van der Waals surface area contributed by atoms with Crippen molar-refractivity contribution in [2.24, 2.45) is 0 Å². The smallest absolute Gasteiger partial charge is 0.352 e. The van der Waals surface area contributed by atoms with Crippen LogP contribution in [0.25, 0.3) is 16.0 Å². The highest BCUT2D eigenvalue weighted by molar-refractivity contribution is 7.17. The van der Waals surface area contributed by atoms with E-state index in [1.807, 2.05) is 25.1 Å². The van der Waals surface area contributed by atoms with Gasteiger partial charge in [-0.25, -0.2) is 13.9 Å². The van der Waals surface area contributed by atoms with Crippen molar-refractivity contribution in [3.8, 4) is 0 Å². The van der Waals surface area contributed by atoms with Gasteiger partial charge in [-0.1, -0.05) is 18.2 Å². The first-order valence-electron chi connectivity index (χ1n) is 9.50. The lowest BCUT2D eigenvalue weighted by Gasteiger charge is -2.07. The topological polar surface area (TPSA) is 104 Å². The summed E-state index contributed by atoms with van der Waals surface area (Å²) < 4.78 is 9.62. The number of rotatable bonds is 5. The van der Waals surface area contributed by atoms with Crippen LogP contribution in [0.1, 0.15) is 11.3 Å². The van der Waals surface area contributed by atoms with E-state index in [2.05, 4.69) is 10.4 Å². The summed E-state index contributed by atoms with van der Waals surface area (Å²) >= 11 is 1.25. The van der Waals surface area contributed by atoms with E-state index in [9.17, 15) is 14.4 Å². The van der Waals surface area contributed by atoms with Gasteiger partial charge in [0.25, 0.3) is 5.56 Å². The number of aryl methyl sites for hydroxylation is 1. The Hall–Kier alpha value is -3.92. The number of hydrogen-bond acceptors (Lipinski definition) is 6. The Morgan fingerprint density at radius 3 is 2.77 bits per heavy atom. The number of aromatic nitrogens is 4. The number of thiophene rings is 1. The van der Waals surface area contributed by atoms with Crippen molar-refractivity contribution in [1.82, 2.24) is 18.7 Å². The minimum Gasteiger partial charge on any atom is -0.467 e. The summed E-state index contributed by atoms with van der Waals surface area (Å²) in [6.07, 6.45) is 1.52. The SMILES string of the molecule is Cc1ccccc1NC(=O)Cn1nc2n(Cc3ccco3)c(=O)c3sccc3n2c1=O. The molecule has 0 saturated carbocycles. The van der Waals surface area contributed by atoms with Gasteiger partial charge < -0.3 is 9.73 Å². The quantitative estimate of drug-likeness (QED) is 0.457. The lowest BCUT2D eigenvalue weighted by Crippen LogP contribution is -2.29. The van der Waals surface area contributed by atoms with Crippen LogP contribution >= 0.6 is 11.3 Å². The molecule has 0 unspecified atom stereocenters. The maximum absolute atomic E-state index is 13.1. The monoisotopic (exact) mass is 435 g/mol. The molecule has 9 nitrogen and oxygen atoms in total. The molecule has 0 fully saturated rings. The molecule has 5 aromatic rings. The van der Waals surface area contributed by atoms with Crippen molar-refractivity contribution in [3.63, 3.8) is 0 Å². The van der Waals surface area contributed by atoms with Crippen LogP contribution < -0.4 is 16.6 Å². The Morgan fingerprint density at radius 1 is 1.16 bits per heavy atom. The molecular weight excluding hydrogens is 418 g/mol. The standard InChI is InChI=1S/C21H17N5O4S/c1-13-5-2-3-7-15(13)22-17(27)12-25-21(29)26-16-8-10-31-18(16)19(28)24(20(26)23-25)11-14-6-4-9-30-14/h2-10H,11-12H2,1H3,(H,22,27). The second-order valence-corrected chi connectivity index (χ2v) is 7.96. The molecule has 1 amide bonds. The van der Waals surface area contributed by atoms with Gasteiger partial charge in [-0.3, -0.25) is 14.2 Å². The average Bonchev–Trinajstić information content (AvgIpc) is 3.48. The van der Waals surface area contributed by atoms with E-state index in [1.165, 1.54) is 26.6 Å². The summed E-state index contributed by atoms with van der Waals surface area (Å²) in [6, 6.07) is 12.5. The first-order chi connectivity index (χ1) is 15.0. The number of fused-ring (bicyclic) bond motifs is 3. The van der Waals surface area contributed by atoms with Crippen LogP contribution in [0.5, 0.6) is 0 Å². The molecule has 0 radical (unpaired) electrons. The number of nitrogens with zero attached hydrogens (tertiary/aromatic N) is 4. The van der Waals surface area contributed by atoms with E-state index in [1.54, 1.807) is 29.6 Å². The Kier molecular flexibility index (Phi) is 4.55. The summed E-state index contributed by atoms with van der Waals surface area (Å²) in [5.41, 5.74) is 1.28. The van der Waals surface area contributed by atoms with Crippen molar-refractivity contribution < 1.29 is 9.21 Å². The van der Waals surface area contributed by atoms with Crippen molar-refractivity contribution in [2.45, 2.75) is 20.0 Å². The molecule has 10 heteroatoms. The van der Waals surface area contributed by atoms with Crippen molar-refractivity contribution in [1.29, 1.82) is 0 Å². The number of amides is 1. The second kappa shape index (κ2) is 7.40. The number of para-hydroxylation sites is 1. The normalized spacial score (nSPS) is 11.4. The molecule has 0 aliphatic carbocycles. The summed E-state index contributed by atoms with van der Waals surface area (Å²) in [4.78, 5) is 38.7. The zero-order valence-electron chi connectivity index (χ0n) is 16.4. The number of hydrogen-bond donors (Lipinski definition) is 1. The van der Waals surface area contributed by atoms with E-state index in [0.29, 0.717) is 21.7 Å². The number of benzene rings is 1. The van der Waals surface area contributed by atoms with Crippen molar-refractivity contribution in [2.75, 3.05) is 5.32 Å². The molecule has 0 aliphatic heterocycles. The molecule has 0 aliphatic rings. The molecule has 4 heterocycles. The summed E-state index contributed by atoms with van der Waals surface area (Å²) in [6.45, 7) is 1.72. The predicted octanol–water partition coefficient (Wildman–Crippen LogP) is 2.46. The summed E-state index contributed by atoms with van der Waals surface area (Å²) in [5, 5.41) is 8.86. The van der Waals surface area contributed by atoms with E-state index >= 15 is 0 Å². The highest BCUT2D eigenvalue weighted by Gasteiger charge is 2.20. The lowest BCUT2D eigenvalue weighted by atomic mass is 10.2. The van der Waals surface area contributed by atoms with Crippen LogP contribution in [-0.4, -0.2) is 24.7 Å². The number of carbonyl (C=O) groups is 1. The molecule has 156 valence electrons. The third-order valence-electron chi connectivity index (χ3n) is 4.99. The molecule has 0 saturated heterocycles. The van der Waals surface area contributed by atoms with E-state index < -0.39 is 5.69 Å². The van der Waals surface area contributed by atoms with Gasteiger partial charge in [0.2, 0.25) is 11.7 Å². The van der Waals surface area contributed by atoms with Gasteiger partial charge >= 0.3 is 5.69 Å². The van der Waals surface area contributed by atoms with Gasteiger partial charge in [0.1, 0.15) is 17.0 Å². The fraction of sp³-hybridized carbons (Fsp3) is 0.143. The van der Waals surface area contributed by atoms with Crippen LogP contribution in [0, 0.1) is 6.92 Å². The first-order valence-corrected chi connectivity index (χ1v) is 10.4. The molecule has 0 spiro atoms. The maximum Gasteiger partial charge on any atom is 0.352 e. The number of carbonyl (C=O) groups excluding carboxylic acids is 1. The second-order valence-electron chi connectivity index (χ2n) is 7.04. The third kappa shape index (κ3) is 3.26. The fourth-order valence-corrected chi connectivity index (χ4v) is 4.30. The maximum atomic E-state index is 13.1. The Morgan fingerprint density at radius 2 is 2.00 bits per heavy atom. The van der Waals surface area contributed by atoms with Gasteiger partial charge in [-0.05, 0) is 42.1 Å². The largest absolute Gasteiger partial charge is 0.467 e. The van der Waals surface area contributed by atoms with Crippen LogP contribution in [0.15, 0.2) is 68.1 Å². The molecule has 0 atom stereocenters. The highest BCUT2D eigenvalue weighted by Crippen LogP contribution is 2.18. The first kappa shape index (κ1) is 19.1. The minimum atomic E-state index is -0.494. The van der Waals surface area contributed by atoms with Gasteiger partial charge in [-0.15, -0.1) is 16.4 Å². The highest BCUT2D eigenvalue weighted by atomic mass is 32.1. The third-order valence-corrected chi connectivity index (χ3v) is 5.89. The van der Waals surface area contributed by atoms with Crippen molar-refractivity contribution in [3.05, 3.63) is 86.3 Å². The molecule has 0 bridgehead atoms. The average molecular weight is 435 g/mol. The van der Waals surface area contributed by atoms with Crippen molar-refractivity contribution >= 4 is 38.9 Å². The van der Waals surface area contributed by atoms with Gasteiger partial charge in [-0.2, -0.15) is 0 Å². The zero-order valence-corrected chi connectivity index (χ0v) is 17.3. The summed E-state index contributed by atoms with van der Waals surface area (Å²) in [7, 11) is 0. The zero-order chi connectivity index (χ0) is 21.5. The Balaban J connectivity index is 1.60.